The van der Waals surface area contributed by atoms with Crippen molar-refractivity contribution < 1.29 is 19.4 Å². The molecule has 2 aliphatic heterocycles. The van der Waals surface area contributed by atoms with Gasteiger partial charge in [0, 0.05) is 23.7 Å². The van der Waals surface area contributed by atoms with Crippen LogP contribution in [0.1, 0.15) is 78.6 Å². The standard InChI is InChI=1S/C35H40N4O4/c1-24-32(22-39-19-7-3-2-4-8-20-39)42-35(43-33(24)26-13-11-25(23-40)12-14-26)27-15-17-28(18-16-27)37-34(41)31-21-36-29-9-5-6-10-30(29)38-31/h5-6,9-18,21,24,32-33,35,40H,2-4,7-8,19-20,22-23H2,1H3,(H,37,41). The summed E-state index contributed by atoms with van der Waals surface area (Å²) in [7, 11) is 0. The summed E-state index contributed by atoms with van der Waals surface area (Å²) in [6.07, 6.45) is 7.15. The summed E-state index contributed by atoms with van der Waals surface area (Å²) in [6.45, 7) is 5.30. The molecule has 4 unspecified atom stereocenters. The van der Waals surface area contributed by atoms with Crippen LogP contribution in [0.2, 0.25) is 0 Å². The Morgan fingerprint density at radius 2 is 1.56 bits per heavy atom. The number of aliphatic hydroxyl groups excluding tert-OH is 1. The molecule has 2 fully saturated rings. The van der Waals surface area contributed by atoms with Gasteiger partial charge in [-0.25, -0.2) is 4.98 Å². The number of nitrogens with one attached hydrogen (secondary N) is 1. The average Bonchev–Trinajstić information content (AvgIpc) is 3.03. The highest BCUT2D eigenvalue weighted by Gasteiger charge is 2.39. The Balaban J connectivity index is 1.19. The first-order valence-electron chi connectivity index (χ1n) is 15.4. The topological polar surface area (TPSA) is 96.8 Å². The van der Waals surface area contributed by atoms with Crippen molar-refractivity contribution in [1.29, 1.82) is 0 Å². The van der Waals surface area contributed by atoms with E-state index in [-0.39, 0.29) is 36.3 Å². The lowest BCUT2D eigenvalue weighted by Crippen LogP contribution is -2.45. The first-order chi connectivity index (χ1) is 21.1. The fourth-order valence-corrected chi connectivity index (χ4v) is 6.06. The predicted octanol–water partition coefficient (Wildman–Crippen LogP) is 6.43. The van der Waals surface area contributed by atoms with Crippen molar-refractivity contribution in [3.05, 3.63) is 101 Å². The van der Waals surface area contributed by atoms with Gasteiger partial charge in [0.25, 0.3) is 5.91 Å². The number of benzene rings is 3. The van der Waals surface area contributed by atoms with Gasteiger partial charge >= 0.3 is 0 Å². The smallest absolute Gasteiger partial charge is 0.275 e. The van der Waals surface area contributed by atoms with Crippen LogP contribution < -0.4 is 5.32 Å². The summed E-state index contributed by atoms with van der Waals surface area (Å²) in [5.41, 5.74) is 5.19. The largest absolute Gasteiger partial charge is 0.392 e. The second-order valence-corrected chi connectivity index (χ2v) is 11.7. The van der Waals surface area contributed by atoms with Crippen molar-refractivity contribution in [2.24, 2.45) is 5.92 Å². The van der Waals surface area contributed by atoms with Crippen LogP contribution in [-0.4, -0.2) is 51.6 Å². The van der Waals surface area contributed by atoms with Gasteiger partial charge in [0.15, 0.2) is 6.29 Å². The number of ether oxygens (including phenoxy) is 2. The lowest BCUT2D eigenvalue weighted by atomic mass is 9.89. The van der Waals surface area contributed by atoms with Gasteiger partial charge < -0.3 is 24.8 Å². The molecule has 43 heavy (non-hydrogen) atoms. The van der Waals surface area contributed by atoms with Crippen LogP contribution in [-0.2, 0) is 16.1 Å². The second-order valence-electron chi connectivity index (χ2n) is 11.7. The predicted molar refractivity (Wildman–Crippen MR) is 166 cm³/mol. The molecule has 0 bridgehead atoms. The average molecular weight is 581 g/mol. The molecule has 0 saturated carbocycles. The summed E-state index contributed by atoms with van der Waals surface area (Å²) in [4.78, 5) is 24.3. The molecular weight excluding hydrogens is 540 g/mol. The number of likely N-dealkylation sites (tertiary alicyclic amines) is 1. The van der Waals surface area contributed by atoms with E-state index in [0.717, 1.165) is 41.8 Å². The van der Waals surface area contributed by atoms with Gasteiger partial charge in [0.2, 0.25) is 0 Å². The van der Waals surface area contributed by atoms with Crippen LogP contribution in [0.15, 0.2) is 79.0 Å². The maximum atomic E-state index is 12.9. The quantitative estimate of drug-likeness (QED) is 0.260. The number of carbonyl (C=O) groups is 1. The highest BCUT2D eigenvalue weighted by Crippen LogP contribution is 2.42. The number of aliphatic hydroxyl groups is 1. The zero-order chi connectivity index (χ0) is 29.6. The zero-order valence-corrected chi connectivity index (χ0v) is 24.7. The Hall–Kier alpha value is -3.69. The van der Waals surface area contributed by atoms with Gasteiger partial charge in [-0.2, -0.15) is 0 Å². The minimum absolute atomic E-state index is 0.00782. The normalized spacial score (nSPS) is 23.4. The molecular formula is C35H40N4O4. The minimum atomic E-state index is -0.547. The Bertz CT molecular complexity index is 1500. The Morgan fingerprint density at radius 1 is 0.884 bits per heavy atom. The fraction of sp³-hybridized carbons (Fsp3) is 0.400. The molecule has 224 valence electrons. The molecule has 1 amide bonds. The molecule has 0 aliphatic carbocycles. The summed E-state index contributed by atoms with van der Waals surface area (Å²) in [5, 5.41) is 12.5. The van der Waals surface area contributed by atoms with Crippen LogP contribution in [0, 0.1) is 5.92 Å². The monoisotopic (exact) mass is 580 g/mol. The number of hydrogen-bond donors (Lipinski definition) is 2. The van der Waals surface area contributed by atoms with Crippen LogP contribution in [0.5, 0.6) is 0 Å². The minimum Gasteiger partial charge on any atom is -0.392 e. The first-order valence-corrected chi connectivity index (χ1v) is 15.4. The van der Waals surface area contributed by atoms with E-state index in [1.54, 1.807) is 0 Å². The highest BCUT2D eigenvalue weighted by molar-refractivity contribution is 6.03. The van der Waals surface area contributed by atoms with E-state index in [1.165, 1.54) is 38.3 Å². The molecule has 1 aromatic heterocycles. The van der Waals surface area contributed by atoms with Crippen molar-refractivity contribution in [2.75, 3.05) is 25.0 Å². The van der Waals surface area contributed by atoms with E-state index >= 15 is 0 Å². The number of rotatable bonds is 7. The lowest BCUT2D eigenvalue weighted by Gasteiger charge is -2.43. The highest BCUT2D eigenvalue weighted by atomic mass is 16.7. The molecule has 2 saturated heterocycles. The Kier molecular flexibility index (Phi) is 9.39. The van der Waals surface area contributed by atoms with E-state index < -0.39 is 6.29 Å². The third-order valence-electron chi connectivity index (χ3n) is 8.63. The van der Waals surface area contributed by atoms with Crippen LogP contribution in [0.3, 0.4) is 0 Å². The molecule has 0 spiro atoms. The first kappa shape index (κ1) is 29.4. The number of amides is 1. The number of para-hydroxylation sites is 2. The van der Waals surface area contributed by atoms with Crippen molar-refractivity contribution in [3.8, 4) is 0 Å². The van der Waals surface area contributed by atoms with Crippen molar-refractivity contribution in [1.82, 2.24) is 14.9 Å². The molecule has 8 heteroatoms. The molecule has 6 rings (SSSR count). The van der Waals surface area contributed by atoms with E-state index in [9.17, 15) is 9.90 Å². The summed E-state index contributed by atoms with van der Waals surface area (Å²) < 4.78 is 13.3. The number of fused-ring (bicyclic) bond motifs is 1. The molecule has 3 heterocycles. The summed E-state index contributed by atoms with van der Waals surface area (Å²) in [5.74, 6) is -0.173. The third-order valence-corrected chi connectivity index (χ3v) is 8.63. The molecule has 3 aromatic carbocycles. The summed E-state index contributed by atoms with van der Waals surface area (Å²) in [6, 6.07) is 23.1. The molecule has 2 aliphatic rings. The van der Waals surface area contributed by atoms with Gasteiger partial charge in [-0.3, -0.25) is 9.78 Å². The summed E-state index contributed by atoms with van der Waals surface area (Å²) >= 11 is 0. The number of aromatic nitrogens is 2. The van der Waals surface area contributed by atoms with Gasteiger partial charge in [-0.15, -0.1) is 0 Å². The molecule has 4 atom stereocenters. The van der Waals surface area contributed by atoms with Gasteiger partial charge in [-0.05, 0) is 61.3 Å². The number of anilines is 1. The van der Waals surface area contributed by atoms with Crippen LogP contribution >= 0.6 is 0 Å². The number of hydrogen-bond acceptors (Lipinski definition) is 7. The maximum Gasteiger partial charge on any atom is 0.275 e. The van der Waals surface area contributed by atoms with E-state index in [0.29, 0.717) is 11.2 Å². The fourth-order valence-electron chi connectivity index (χ4n) is 6.06. The zero-order valence-electron chi connectivity index (χ0n) is 24.7. The Labute approximate surface area is 253 Å². The lowest BCUT2D eigenvalue weighted by molar-refractivity contribution is -0.276. The van der Waals surface area contributed by atoms with Gasteiger partial charge in [0.1, 0.15) is 5.69 Å². The van der Waals surface area contributed by atoms with E-state index in [4.69, 9.17) is 9.47 Å². The number of nitrogens with zero attached hydrogens (tertiary/aromatic N) is 3. The molecule has 4 aromatic rings. The van der Waals surface area contributed by atoms with Gasteiger partial charge in [0.05, 0.1) is 36.0 Å². The van der Waals surface area contributed by atoms with Crippen molar-refractivity contribution in [2.45, 2.75) is 64.1 Å². The molecule has 0 radical (unpaired) electrons. The maximum absolute atomic E-state index is 12.9. The third kappa shape index (κ3) is 7.11. The molecule has 2 N–H and O–H groups in total. The van der Waals surface area contributed by atoms with Crippen LogP contribution in [0.4, 0.5) is 5.69 Å². The van der Waals surface area contributed by atoms with Crippen molar-refractivity contribution >= 4 is 22.6 Å². The number of carbonyl (C=O) groups excluding carboxylic acids is 1. The van der Waals surface area contributed by atoms with Crippen molar-refractivity contribution in [3.63, 3.8) is 0 Å². The molecule has 8 nitrogen and oxygen atoms in total. The van der Waals surface area contributed by atoms with E-state index in [2.05, 4.69) is 39.2 Å². The SMILES string of the molecule is CC1C(CN2CCCCCCC2)OC(c2ccc(NC(=O)c3cnc4ccccc4n3)cc2)OC1c1ccc(CO)cc1. The van der Waals surface area contributed by atoms with Crippen LogP contribution in [0.25, 0.3) is 11.0 Å². The second kappa shape index (κ2) is 13.7. The Morgan fingerprint density at radius 3 is 2.28 bits per heavy atom. The van der Waals surface area contributed by atoms with E-state index in [1.807, 2.05) is 60.7 Å². The van der Waals surface area contributed by atoms with Gasteiger partial charge in [-0.1, -0.05) is 74.7 Å².